The molecule has 0 aromatic heterocycles. The summed E-state index contributed by atoms with van der Waals surface area (Å²) in [5.41, 5.74) is 0. The highest BCUT2D eigenvalue weighted by Gasteiger charge is 2.27. The van der Waals surface area contributed by atoms with Crippen LogP contribution in [0.15, 0.2) is 23.1 Å². The van der Waals surface area contributed by atoms with Gasteiger partial charge in [0.25, 0.3) is 0 Å². The number of carbonyl (C=O) groups is 1. The highest BCUT2D eigenvalue weighted by Crippen LogP contribution is 2.33. The molecule has 1 heterocycles. The van der Waals surface area contributed by atoms with Gasteiger partial charge in [-0.15, -0.1) is 0 Å². The summed E-state index contributed by atoms with van der Waals surface area (Å²) in [6, 6.07) is 2.98. The van der Waals surface area contributed by atoms with E-state index in [9.17, 15) is 13.2 Å². The highest BCUT2D eigenvalue weighted by atomic mass is 32.2. The standard InChI is InChI=1S/C13H17NO6S/c1-8(2)5-10(13(15)16)14-21(17,18)9-3-4-11-12(6-9)20-7-19-11/h3-4,6,8,10,14H,5,7H2,1-2H3,(H,15,16)/t10-/m1/s1. The Morgan fingerprint density at radius 2 is 2.00 bits per heavy atom. The van der Waals surface area contributed by atoms with Crippen LogP contribution in [0.5, 0.6) is 11.5 Å². The Balaban J connectivity index is 2.23. The zero-order valence-corrected chi connectivity index (χ0v) is 12.5. The number of sulfonamides is 1. The molecule has 0 saturated carbocycles. The van der Waals surface area contributed by atoms with Gasteiger partial charge >= 0.3 is 5.97 Å². The molecule has 0 spiro atoms. The third kappa shape index (κ3) is 3.64. The third-order valence-electron chi connectivity index (χ3n) is 2.96. The van der Waals surface area contributed by atoms with Gasteiger partial charge in [-0.2, -0.15) is 4.72 Å². The highest BCUT2D eigenvalue weighted by molar-refractivity contribution is 7.89. The predicted molar refractivity (Wildman–Crippen MR) is 73.8 cm³/mol. The van der Waals surface area contributed by atoms with Crippen LogP contribution in [0.25, 0.3) is 0 Å². The first-order valence-electron chi connectivity index (χ1n) is 6.44. The van der Waals surface area contributed by atoms with Crippen molar-refractivity contribution in [1.29, 1.82) is 0 Å². The summed E-state index contributed by atoms with van der Waals surface area (Å²) in [5, 5.41) is 9.12. The molecule has 1 aliphatic heterocycles. The molecule has 1 atom stereocenters. The average molecular weight is 315 g/mol. The Hall–Kier alpha value is -1.80. The molecule has 7 nitrogen and oxygen atoms in total. The number of carboxylic acids is 1. The molecule has 0 bridgehead atoms. The number of aliphatic carboxylic acids is 1. The Kier molecular flexibility index (Phi) is 4.38. The van der Waals surface area contributed by atoms with E-state index in [1.165, 1.54) is 18.2 Å². The first-order chi connectivity index (χ1) is 9.79. The fraction of sp³-hybridized carbons (Fsp3) is 0.462. The van der Waals surface area contributed by atoms with E-state index in [0.717, 1.165) is 0 Å². The van der Waals surface area contributed by atoms with Crippen LogP contribution in [0.3, 0.4) is 0 Å². The fourth-order valence-corrected chi connectivity index (χ4v) is 3.19. The Morgan fingerprint density at radius 1 is 1.33 bits per heavy atom. The monoisotopic (exact) mass is 315 g/mol. The molecule has 1 aromatic rings. The number of nitrogens with one attached hydrogen (secondary N) is 1. The van der Waals surface area contributed by atoms with Crippen molar-refractivity contribution in [1.82, 2.24) is 4.72 Å². The maximum atomic E-state index is 12.3. The van der Waals surface area contributed by atoms with Crippen LogP contribution >= 0.6 is 0 Å². The maximum Gasteiger partial charge on any atom is 0.321 e. The second-order valence-electron chi connectivity index (χ2n) is 5.16. The van der Waals surface area contributed by atoms with E-state index in [4.69, 9.17) is 14.6 Å². The van der Waals surface area contributed by atoms with Crippen molar-refractivity contribution < 1.29 is 27.8 Å². The molecule has 0 radical (unpaired) electrons. The predicted octanol–water partition coefficient (Wildman–Crippen LogP) is 1.19. The summed E-state index contributed by atoms with van der Waals surface area (Å²) < 4.78 is 37.0. The number of ether oxygens (including phenoxy) is 2. The summed E-state index contributed by atoms with van der Waals surface area (Å²) in [6.45, 7) is 3.69. The number of hydrogen-bond donors (Lipinski definition) is 2. The SMILES string of the molecule is CC(C)C[C@@H](NS(=O)(=O)c1ccc2c(c1)OCO2)C(=O)O. The Bertz CT molecular complexity index is 640. The zero-order valence-electron chi connectivity index (χ0n) is 11.7. The molecule has 2 rings (SSSR count). The van der Waals surface area contributed by atoms with Crippen LogP contribution < -0.4 is 14.2 Å². The van der Waals surface area contributed by atoms with Crippen molar-refractivity contribution in [2.75, 3.05) is 6.79 Å². The van der Waals surface area contributed by atoms with E-state index in [1.54, 1.807) is 0 Å². The molecular formula is C13H17NO6S. The van der Waals surface area contributed by atoms with Crippen molar-refractivity contribution in [3.8, 4) is 11.5 Å². The zero-order chi connectivity index (χ0) is 15.6. The smallest absolute Gasteiger partial charge is 0.321 e. The van der Waals surface area contributed by atoms with Gasteiger partial charge in [-0.05, 0) is 24.5 Å². The van der Waals surface area contributed by atoms with Crippen molar-refractivity contribution in [3.05, 3.63) is 18.2 Å². The van der Waals surface area contributed by atoms with Gasteiger partial charge in [0, 0.05) is 6.07 Å². The Labute approximate surface area is 122 Å². The van der Waals surface area contributed by atoms with Crippen LogP contribution in [-0.2, 0) is 14.8 Å². The number of fused-ring (bicyclic) bond motifs is 1. The van der Waals surface area contributed by atoms with E-state index >= 15 is 0 Å². The number of rotatable bonds is 6. The van der Waals surface area contributed by atoms with E-state index in [-0.39, 0.29) is 24.0 Å². The second kappa shape index (κ2) is 5.90. The normalized spacial score (nSPS) is 15.2. The van der Waals surface area contributed by atoms with Crippen molar-refractivity contribution in [2.45, 2.75) is 31.2 Å². The molecule has 0 amide bonds. The van der Waals surface area contributed by atoms with E-state index in [1.807, 2.05) is 13.8 Å². The fourth-order valence-electron chi connectivity index (χ4n) is 1.97. The summed E-state index contributed by atoms with van der Waals surface area (Å²) in [5.74, 6) is -0.363. The summed E-state index contributed by atoms with van der Waals surface area (Å²) in [4.78, 5) is 11.1. The molecule has 21 heavy (non-hydrogen) atoms. The van der Waals surface area contributed by atoms with Crippen LogP contribution in [-0.4, -0.2) is 32.3 Å². The van der Waals surface area contributed by atoms with Crippen LogP contribution in [0.1, 0.15) is 20.3 Å². The number of carboxylic acid groups (broad SMARTS) is 1. The van der Waals surface area contributed by atoms with Crippen molar-refractivity contribution in [2.24, 2.45) is 5.92 Å². The lowest BCUT2D eigenvalue weighted by Gasteiger charge is -2.16. The van der Waals surface area contributed by atoms with Crippen molar-refractivity contribution in [3.63, 3.8) is 0 Å². The topological polar surface area (TPSA) is 102 Å². The summed E-state index contributed by atoms with van der Waals surface area (Å²) >= 11 is 0. The van der Waals surface area contributed by atoms with E-state index < -0.39 is 22.0 Å². The van der Waals surface area contributed by atoms with Gasteiger partial charge in [0.2, 0.25) is 16.8 Å². The largest absolute Gasteiger partial charge is 0.480 e. The van der Waals surface area contributed by atoms with Gasteiger partial charge in [0.1, 0.15) is 6.04 Å². The van der Waals surface area contributed by atoms with Gasteiger partial charge in [0.05, 0.1) is 4.90 Å². The summed E-state index contributed by atoms with van der Waals surface area (Å²) in [7, 11) is -3.94. The molecule has 0 saturated heterocycles. The molecule has 1 aromatic carbocycles. The summed E-state index contributed by atoms with van der Waals surface area (Å²) in [6.07, 6.45) is 0.207. The van der Waals surface area contributed by atoms with Crippen LogP contribution in [0.2, 0.25) is 0 Å². The first kappa shape index (κ1) is 15.6. The molecular weight excluding hydrogens is 298 g/mol. The van der Waals surface area contributed by atoms with Crippen LogP contribution in [0.4, 0.5) is 0 Å². The minimum absolute atomic E-state index is 0.0391. The van der Waals surface area contributed by atoms with Gasteiger partial charge in [-0.1, -0.05) is 13.8 Å². The number of benzene rings is 1. The maximum absolute atomic E-state index is 12.3. The van der Waals surface area contributed by atoms with Gasteiger partial charge in [-0.3, -0.25) is 4.79 Å². The molecule has 0 unspecified atom stereocenters. The quantitative estimate of drug-likeness (QED) is 0.817. The van der Waals surface area contributed by atoms with Crippen LogP contribution in [0, 0.1) is 5.92 Å². The van der Waals surface area contributed by atoms with Crippen molar-refractivity contribution >= 4 is 16.0 Å². The molecule has 8 heteroatoms. The molecule has 0 fully saturated rings. The first-order valence-corrected chi connectivity index (χ1v) is 7.92. The van der Waals surface area contributed by atoms with Gasteiger partial charge in [-0.25, -0.2) is 8.42 Å². The van der Waals surface area contributed by atoms with E-state index in [2.05, 4.69) is 4.72 Å². The third-order valence-corrected chi connectivity index (χ3v) is 4.43. The Morgan fingerprint density at radius 3 is 2.62 bits per heavy atom. The minimum atomic E-state index is -3.94. The van der Waals surface area contributed by atoms with Gasteiger partial charge in [0.15, 0.2) is 11.5 Å². The lowest BCUT2D eigenvalue weighted by Crippen LogP contribution is -2.41. The van der Waals surface area contributed by atoms with Gasteiger partial charge < -0.3 is 14.6 Å². The molecule has 116 valence electrons. The molecule has 2 N–H and O–H groups in total. The second-order valence-corrected chi connectivity index (χ2v) is 6.87. The lowest BCUT2D eigenvalue weighted by atomic mass is 10.1. The average Bonchev–Trinajstić information content (AvgIpc) is 2.84. The number of hydrogen-bond acceptors (Lipinski definition) is 5. The lowest BCUT2D eigenvalue weighted by molar-refractivity contribution is -0.139. The minimum Gasteiger partial charge on any atom is -0.480 e. The molecule has 0 aliphatic carbocycles. The molecule has 1 aliphatic rings. The van der Waals surface area contributed by atoms with E-state index in [0.29, 0.717) is 11.5 Å².